The molecule has 0 spiro atoms. The minimum Gasteiger partial charge on any atom is -0.366 e. The van der Waals surface area contributed by atoms with E-state index in [0.29, 0.717) is 5.56 Å². The number of carbonyl (C=O) groups excluding carboxylic acids is 1. The molecule has 1 amide bonds. The summed E-state index contributed by atoms with van der Waals surface area (Å²) in [6, 6.07) is 5.54. The molecule has 3 nitrogen and oxygen atoms in total. The molecular formula is C12H14N2OS. The molecule has 1 aromatic carbocycles. The van der Waals surface area contributed by atoms with Crippen molar-refractivity contribution in [2.24, 2.45) is 5.73 Å². The van der Waals surface area contributed by atoms with Crippen LogP contribution in [0.3, 0.4) is 0 Å². The maximum atomic E-state index is 11.0. The Morgan fingerprint density at radius 1 is 1.50 bits per heavy atom. The lowest BCUT2D eigenvalue weighted by Gasteiger charge is -1.99. The molecule has 2 rings (SSSR count). The molecular weight excluding hydrogens is 220 g/mol. The Morgan fingerprint density at radius 2 is 2.31 bits per heavy atom. The van der Waals surface area contributed by atoms with Crippen LogP contribution in [0.15, 0.2) is 24.4 Å². The van der Waals surface area contributed by atoms with Crippen LogP contribution in [0.25, 0.3) is 10.9 Å². The number of H-pyrrole nitrogens is 1. The van der Waals surface area contributed by atoms with Crippen LogP contribution in [0.2, 0.25) is 0 Å². The molecule has 0 unspecified atom stereocenters. The van der Waals surface area contributed by atoms with Gasteiger partial charge in [0.05, 0.1) is 0 Å². The van der Waals surface area contributed by atoms with Crippen molar-refractivity contribution in [2.45, 2.75) is 12.7 Å². The molecule has 3 N–H and O–H groups in total. The summed E-state index contributed by atoms with van der Waals surface area (Å²) in [5.74, 6) is 1.71. The summed E-state index contributed by atoms with van der Waals surface area (Å²) in [7, 11) is 0. The summed E-state index contributed by atoms with van der Waals surface area (Å²) in [5, 5.41) is 1.17. The number of nitrogens with one attached hydrogen (secondary N) is 1. The van der Waals surface area contributed by atoms with E-state index in [-0.39, 0.29) is 5.91 Å². The van der Waals surface area contributed by atoms with Crippen molar-refractivity contribution in [3.05, 3.63) is 35.5 Å². The Morgan fingerprint density at radius 3 is 3.00 bits per heavy atom. The molecule has 0 bridgehead atoms. The molecule has 1 aromatic heterocycles. The first kappa shape index (κ1) is 11.1. The Bertz CT molecular complexity index is 519. The van der Waals surface area contributed by atoms with Crippen molar-refractivity contribution >= 4 is 28.6 Å². The van der Waals surface area contributed by atoms with Crippen LogP contribution in [0, 0.1) is 0 Å². The van der Waals surface area contributed by atoms with Crippen molar-refractivity contribution < 1.29 is 4.79 Å². The van der Waals surface area contributed by atoms with Gasteiger partial charge >= 0.3 is 0 Å². The molecule has 4 heteroatoms. The van der Waals surface area contributed by atoms with E-state index in [0.717, 1.165) is 17.0 Å². The first-order chi connectivity index (χ1) is 7.72. The summed E-state index contributed by atoms with van der Waals surface area (Å²) >= 11 is 1.88. The van der Waals surface area contributed by atoms with E-state index in [1.165, 1.54) is 10.9 Å². The van der Waals surface area contributed by atoms with E-state index in [1.54, 1.807) is 12.1 Å². The fourth-order valence-electron chi connectivity index (χ4n) is 1.67. The number of amides is 1. The highest BCUT2D eigenvalue weighted by Crippen LogP contribution is 2.23. The van der Waals surface area contributed by atoms with Gasteiger partial charge in [0.1, 0.15) is 0 Å². The quantitative estimate of drug-likeness (QED) is 0.854. The fraction of sp³-hybridized carbons (Fsp3) is 0.250. The van der Waals surface area contributed by atoms with Gasteiger partial charge in [-0.25, -0.2) is 0 Å². The SMILES string of the molecule is CCSCc1c[nH]c2cc(C(N)=O)ccc12. The van der Waals surface area contributed by atoms with Gasteiger partial charge in [0.25, 0.3) is 0 Å². The van der Waals surface area contributed by atoms with E-state index in [1.807, 2.05) is 24.0 Å². The van der Waals surface area contributed by atoms with Crippen molar-refractivity contribution in [1.82, 2.24) is 4.98 Å². The molecule has 0 saturated carbocycles. The van der Waals surface area contributed by atoms with Gasteiger partial charge in [-0.2, -0.15) is 11.8 Å². The zero-order valence-electron chi connectivity index (χ0n) is 9.12. The van der Waals surface area contributed by atoms with Crippen molar-refractivity contribution in [2.75, 3.05) is 5.75 Å². The van der Waals surface area contributed by atoms with Gasteiger partial charge in [-0.15, -0.1) is 0 Å². The number of rotatable bonds is 4. The molecule has 0 aliphatic heterocycles. The van der Waals surface area contributed by atoms with E-state index < -0.39 is 0 Å². The lowest BCUT2D eigenvalue weighted by molar-refractivity contribution is 0.100. The molecule has 0 aliphatic rings. The molecule has 0 saturated heterocycles. The third kappa shape index (κ3) is 2.07. The van der Waals surface area contributed by atoms with Crippen LogP contribution in [-0.2, 0) is 5.75 Å². The van der Waals surface area contributed by atoms with Crippen molar-refractivity contribution in [3.63, 3.8) is 0 Å². The van der Waals surface area contributed by atoms with Gasteiger partial charge in [-0.3, -0.25) is 4.79 Å². The highest BCUT2D eigenvalue weighted by atomic mass is 32.2. The molecule has 0 fully saturated rings. The number of aromatic nitrogens is 1. The first-order valence-corrected chi connectivity index (χ1v) is 6.35. The molecule has 16 heavy (non-hydrogen) atoms. The van der Waals surface area contributed by atoms with Crippen LogP contribution in [0.1, 0.15) is 22.8 Å². The highest BCUT2D eigenvalue weighted by Gasteiger charge is 2.06. The summed E-state index contributed by atoms with van der Waals surface area (Å²) in [6.07, 6.45) is 2.00. The topological polar surface area (TPSA) is 58.9 Å². The van der Waals surface area contributed by atoms with E-state index >= 15 is 0 Å². The normalized spacial score (nSPS) is 10.8. The molecule has 84 valence electrons. The molecule has 0 atom stereocenters. The Kier molecular flexibility index (Phi) is 3.19. The number of primary amides is 1. The van der Waals surface area contributed by atoms with Gasteiger partial charge in [0.15, 0.2) is 0 Å². The van der Waals surface area contributed by atoms with Crippen molar-refractivity contribution in [1.29, 1.82) is 0 Å². The minimum absolute atomic E-state index is 0.388. The fourth-order valence-corrected chi connectivity index (χ4v) is 2.33. The smallest absolute Gasteiger partial charge is 0.248 e. The second kappa shape index (κ2) is 4.61. The monoisotopic (exact) mass is 234 g/mol. The zero-order chi connectivity index (χ0) is 11.5. The van der Waals surface area contributed by atoms with E-state index in [4.69, 9.17) is 5.73 Å². The van der Waals surface area contributed by atoms with Crippen molar-refractivity contribution in [3.8, 4) is 0 Å². The lowest BCUT2D eigenvalue weighted by atomic mass is 10.1. The highest BCUT2D eigenvalue weighted by molar-refractivity contribution is 7.98. The standard InChI is InChI=1S/C12H14N2OS/c1-2-16-7-9-6-14-11-5-8(12(13)15)3-4-10(9)11/h3-6,14H,2,7H2,1H3,(H2,13,15). The number of hydrogen-bond acceptors (Lipinski definition) is 2. The number of thioether (sulfide) groups is 1. The predicted molar refractivity (Wildman–Crippen MR) is 68.7 cm³/mol. The Hall–Kier alpha value is -1.42. The van der Waals surface area contributed by atoms with Crippen LogP contribution >= 0.6 is 11.8 Å². The van der Waals surface area contributed by atoms with Gasteiger partial charge in [-0.1, -0.05) is 13.0 Å². The summed E-state index contributed by atoms with van der Waals surface area (Å²) in [6.45, 7) is 2.14. The second-order valence-electron chi connectivity index (χ2n) is 3.58. The third-order valence-corrected chi connectivity index (χ3v) is 3.44. The second-order valence-corrected chi connectivity index (χ2v) is 4.85. The zero-order valence-corrected chi connectivity index (χ0v) is 9.93. The number of hydrogen-bond donors (Lipinski definition) is 2. The Balaban J connectivity index is 2.38. The first-order valence-electron chi connectivity index (χ1n) is 5.20. The number of aromatic amines is 1. The van der Waals surface area contributed by atoms with Crippen LogP contribution in [-0.4, -0.2) is 16.6 Å². The maximum Gasteiger partial charge on any atom is 0.248 e. The summed E-state index contributed by atoms with van der Waals surface area (Å²) < 4.78 is 0. The van der Waals surface area contributed by atoms with Gasteiger partial charge in [0.2, 0.25) is 5.91 Å². The molecule has 0 radical (unpaired) electrons. The van der Waals surface area contributed by atoms with Gasteiger partial charge < -0.3 is 10.7 Å². The van der Waals surface area contributed by atoms with Gasteiger partial charge in [0, 0.05) is 28.4 Å². The number of carbonyl (C=O) groups is 1. The number of benzene rings is 1. The predicted octanol–water partition coefficient (Wildman–Crippen LogP) is 2.52. The average Bonchev–Trinajstić information content (AvgIpc) is 2.68. The summed E-state index contributed by atoms with van der Waals surface area (Å²) in [5.41, 5.74) is 8.03. The van der Waals surface area contributed by atoms with Crippen LogP contribution in [0.5, 0.6) is 0 Å². The Labute approximate surface area is 98.4 Å². The largest absolute Gasteiger partial charge is 0.366 e. The van der Waals surface area contributed by atoms with E-state index in [2.05, 4.69) is 11.9 Å². The summed E-state index contributed by atoms with van der Waals surface area (Å²) in [4.78, 5) is 14.2. The lowest BCUT2D eigenvalue weighted by Crippen LogP contribution is -2.10. The molecule has 1 heterocycles. The molecule has 2 aromatic rings. The number of fused-ring (bicyclic) bond motifs is 1. The van der Waals surface area contributed by atoms with E-state index in [9.17, 15) is 4.79 Å². The third-order valence-electron chi connectivity index (χ3n) is 2.51. The van der Waals surface area contributed by atoms with Gasteiger partial charge in [-0.05, 0) is 23.4 Å². The maximum absolute atomic E-state index is 11.0. The molecule has 0 aliphatic carbocycles. The average molecular weight is 234 g/mol. The van der Waals surface area contributed by atoms with Crippen LogP contribution < -0.4 is 5.73 Å². The number of nitrogens with two attached hydrogens (primary N) is 1. The minimum atomic E-state index is -0.388. The van der Waals surface area contributed by atoms with Crippen LogP contribution in [0.4, 0.5) is 0 Å².